The summed E-state index contributed by atoms with van der Waals surface area (Å²) < 4.78 is 16.9. The number of hydrogen-bond donors (Lipinski definition) is 0. The van der Waals surface area contributed by atoms with E-state index in [0.717, 1.165) is 57.8 Å². The smallest absolute Gasteiger partial charge is 0.306 e. The molecule has 0 amide bonds. The van der Waals surface area contributed by atoms with Crippen molar-refractivity contribution in [2.75, 3.05) is 13.2 Å². The van der Waals surface area contributed by atoms with E-state index < -0.39 is 6.10 Å². The molecule has 6 heteroatoms. The number of allylic oxidation sites excluding steroid dienone is 2. The quantitative estimate of drug-likeness (QED) is 0.0262. The molecule has 0 saturated heterocycles. The van der Waals surface area contributed by atoms with Crippen LogP contribution < -0.4 is 0 Å². The Hall–Kier alpha value is -1.85. The van der Waals surface area contributed by atoms with E-state index in [9.17, 15) is 14.4 Å². The minimum absolute atomic E-state index is 0.0640. The topological polar surface area (TPSA) is 78.9 Å². The van der Waals surface area contributed by atoms with Gasteiger partial charge in [-0.05, 0) is 44.9 Å². The molecule has 0 saturated carbocycles. The van der Waals surface area contributed by atoms with E-state index in [1.165, 1.54) is 250 Å². The van der Waals surface area contributed by atoms with Crippen molar-refractivity contribution in [3.63, 3.8) is 0 Å². The lowest BCUT2D eigenvalue weighted by atomic mass is 10.0. The molecule has 0 fully saturated rings. The number of carbonyl (C=O) groups is 3. The van der Waals surface area contributed by atoms with Crippen LogP contribution in [0.5, 0.6) is 0 Å². The van der Waals surface area contributed by atoms with Gasteiger partial charge in [-0.3, -0.25) is 14.4 Å². The first-order valence-corrected chi connectivity index (χ1v) is 30.7. The van der Waals surface area contributed by atoms with Crippen LogP contribution >= 0.6 is 0 Å². The first kappa shape index (κ1) is 66.2. The fourth-order valence-corrected chi connectivity index (χ4v) is 9.38. The summed E-state index contributed by atoms with van der Waals surface area (Å²) in [5.74, 6) is -0.837. The van der Waals surface area contributed by atoms with Gasteiger partial charge in [0.05, 0.1) is 0 Å². The lowest BCUT2D eigenvalue weighted by Gasteiger charge is -2.18. The molecule has 68 heavy (non-hydrogen) atoms. The van der Waals surface area contributed by atoms with E-state index in [1.54, 1.807) is 0 Å². The number of ether oxygens (including phenoxy) is 3. The van der Waals surface area contributed by atoms with E-state index in [4.69, 9.17) is 14.2 Å². The van der Waals surface area contributed by atoms with Gasteiger partial charge in [0.1, 0.15) is 13.2 Å². The molecule has 402 valence electrons. The Morgan fingerprint density at radius 1 is 0.279 bits per heavy atom. The summed E-state index contributed by atoms with van der Waals surface area (Å²) in [4.78, 5) is 38.2. The molecule has 0 aliphatic rings. The molecule has 0 aromatic heterocycles. The number of unbranched alkanes of at least 4 members (excludes halogenated alkanes) is 44. The monoisotopic (exact) mass is 959 g/mol. The minimum atomic E-state index is -0.765. The first-order valence-electron chi connectivity index (χ1n) is 30.7. The van der Waals surface area contributed by atoms with Crippen LogP contribution in [0.4, 0.5) is 0 Å². The maximum absolute atomic E-state index is 12.9. The maximum atomic E-state index is 12.9. The highest BCUT2D eigenvalue weighted by atomic mass is 16.6. The van der Waals surface area contributed by atoms with Gasteiger partial charge in [-0.25, -0.2) is 0 Å². The Balaban J connectivity index is 4.30. The average Bonchev–Trinajstić information content (AvgIpc) is 3.34. The molecule has 6 nitrogen and oxygen atoms in total. The second kappa shape index (κ2) is 57.7. The summed E-state index contributed by atoms with van der Waals surface area (Å²) in [5.41, 5.74) is 0. The van der Waals surface area contributed by atoms with Crippen LogP contribution in [0.15, 0.2) is 12.2 Å². The van der Waals surface area contributed by atoms with Crippen molar-refractivity contribution in [3.8, 4) is 0 Å². The largest absolute Gasteiger partial charge is 0.462 e. The summed E-state index contributed by atoms with van der Waals surface area (Å²) in [6, 6.07) is 0. The standard InChI is InChI=1S/C62H118O6/c1-4-7-10-13-16-19-22-25-28-30-31-32-35-37-40-43-46-49-52-55-61(64)67-58-59(57-66-60(63)54-51-48-45-42-39-36-33-27-24-21-18-15-12-9-6-3)68-62(65)56-53-50-47-44-41-38-34-29-26-23-20-17-14-11-8-5-2/h25,28,59H,4-24,26-27,29-58H2,1-3H3/b28-25-/t59-/m1/s1. The third kappa shape index (κ3) is 55.1. The van der Waals surface area contributed by atoms with Gasteiger partial charge in [0.25, 0.3) is 0 Å². The molecule has 0 radical (unpaired) electrons. The highest BCUT2D eigenvalue weighted by Crippen LogP contribution is 2.18. The Bertz CT molecular complexity index is 1060. The molecule has 1 atom stereocenters. The van der Waals surface area contributed by atoms with Gasteiger partial charge in [0.2, 0.25) is 0 Å². The highest BCUT2D eigenvalue weighted by Gasteiger charge is 2.19. The molecule has 0 rings (SSSR count). The van der Waals surface area contributed by atoms with E-state index >= 15 is 0 Å². The molecule has 0 heterocycles. The summed E-state index contributed by atoms with van der Waals surface area (Å²) >= 11 is 0. The van der Waals surface area contributed by atoms with Crippen molar-refractivity contribution in [1.82, 2.24) is 0 Å². The molecular formula is C62H118O6. The fraction of sp³-hybridized carbons (Fsp3) is 0.919. The van der Waals surface area contributed by atoms with Crippen LogP contribution in [-0.4, -0.2) is 37.2 Å². The molecule has 0 aliphatic heterocycles. The third-order valence-corrected chi connectivity index (χ3v) is 14.0. The van der Waals surface area contributed by atoms with Crippen molar-refractivity contribution >= 4 is 17.9 Å². The molecular weight excluding hydrogens is 841 g/mol. The minimum Gasteiger partial charge on any atom is -0.462 e. The van der Waals surface area contributed by atoms with E-state index in [0.29, 0.717) is 19.3 Å². The van der Waals surface area contributed by atoms with Crippen LogP contribution in [0, 0.1) is 0 Å². The second-order valence-corrected chi connectivity index (χ2v) is 21.0. The summed E-state index contributed by atoms with van der Waals surface area (Å²) in [6.45, 7) is 6.70. The van der Waals surface area contributed by atoms with E-state index in [-0.39, 0.29) is 31.1 Å². The molecule has 0 aliphatic carbocycles. The predicted molar refractivity (Wildman–Crippen MR) is 293 cm³/mol. The average molecular weight is 960 g/mol. The molecule has 0 unspecified atom stereocenters. The normalized spacial score (nSPS) is 12.0. The van der Waals surface area contributed by atoms with Crippen molar-refractivity contribution in [1.29, 1.82) is 0 Å². The number of rotatable bonds is 57. The van der Waals surface area contributed by atoms with Gasteiger partial charge < -0.3 is 14.2 Å². The van der Waals surface area contributed by atoms with Crippen LogP contribution in [0.3, 0.4) is 0 Å². The fourth-order valence-electron chi connectivity index (χ4n) is 9.38. The van der Waals surface area contributed by atoms with Crippen LogP contribution in [-0.2, 0) is 28.6 Å². The van der Waals surface area contributed by atoms with Crippen molar-refractivity contribution < 1.29 is 28.6 Å². The van der Waals surface area contributed by atoms with Crippen molar-refractivity contribution in [2.24, 2.45) is 0 Å². The van der Waals surface area contributed by atoms with E-state index in [1.807, 2.05) is 0 Å². The molecule has 0 bridgehead atoms. The Morgan fingerprint density at radius 2 is 0.485 bits per heavy atom. The van der Waals surface area contributed by atoms with Gasteiger partial charge in [0, 0.05) is 19.3 Å². The summed E-state index contributed by atoms with van der Waals surface area (Å²) in [6.07, 6.45) is 66.3. The summed E-state index contributed by atoms with van der Waals surface area (Å²) in [5, 5.41) is 0. The van der Waals surface area contributed by atoms with E-state index in [2.05, 4.69) is 32.9 Å². The lowest BCUT2D eigenvalue weighted by Crippen LogP contribution is -2.30. The summed E-state index contributed by atoms with van der Waals surface area (Å²) in [7, 11) is 0. The van der Waals surface area contributed by atoms with Gasteiger partial charge in [-0.1, -0.05) is 296 Å². The van der Waals surface area contributed by atoms with Crippen molar-refractivity contribution in [3.05, 3.63) is 12.2 Å². The maximum Gasteiger partial charge on any atom is 0.306 e. The Labute approximate surface area is 424 Å². The SMILES string of the molecule is CCCCCCCC/C=C\CCCCCCCCCCCC(=O)OC[C@@H](COC(=O)CCCCCCCCCCCCCCCCC)OC(=O)CCCCCCCCCCCCCCCCCC. The molecule has 0 spiro atoms. The highest BCUT2D eigenvalue weighted by molar-refractivity contribution is 5.71. The number of esters is 3. The van der Waals surface area contributed by atoms with Crippen LogP contribution in [0.1, 0.15) is 348 Å². The zero-order valence-electron chi connectivity index (χ0n) is 46.2. The van der Waals surface area contributed by atoms with Gasteiger partial charge in [-0.2, -0.15) is 0 Å². The molecule has 0 aromatic carbocycles. The van der Waals surface area contributed by atoms with Gasteiger partial charge in [0.15, 0.2) is 6.10 Å². The zero-order valence-corrected chi connectivity index (χ0v) is 46.2. The number of hydrogen-bond acceptors (Lipinski definition) is 6. The number of carbonyl (C=O) groups excluding carboxylic acids is 3. The van der Waals surface area contributed by atoms with Gasteiger partial charge >= 0.3 is 17.9 Å². The molecule has 0 N–H and O–H groups in total. The van der Waals surface area contributed by atoms with Crippen molar-refractivity contribution in [2.45, 2.75) is 354 Å². The zero-order chi connectivity index (χ0) is 49.3. The van der Waals surface area contributed by atoms with Crippen LogP contribution in [0.2, 0.25) is 0 Å². The van der Waals surface area contributed by atoms with Crippen LogP contribution in [0.25, 0.3) is 0 Å². The van der Waals surface area contributed by atoms with Gasteiger partial charge in [-0.15, -0.1) is 0 Å². The first-order chi connectivity index (χ1) is 33.5. The Kier molecular flexibility index (Phi) is 56.2. The Morgan fingerprint density at radius 3 is 0.735 bits per heavy atom. The third-order valence-electron chi connectivity index (χ3n) is 14.0. The molecule has 0 aromatic rings. The predicted octanol–water partition coefficient (Wildman–Crippen LogP) is 20.5. The second-order valence-electron chi connectivity index (χ2n) is 21.0. The lowest BCUT2D eigenvalue weighted by molar-refractivity contribution is -0.167.